The molecule has 3 nitrogen and oxygen atoms in total. The van der Waals surface area contributed by atoms with Gasteiger partial charge in [0.1, 0.15) is 0 Å². The van der Waals surface area contributed by atoms with Crippen LogP contribution in [0.2, 0.25) is 0 Å². The summed E-state index contributed by atoms with van der Waals surface area (Å²) in [7, 11) is 0. The van der Waals surface area contributed by atoms with Gasteiger partial charge in [-0.1, -0.05) is 0 Å². The zero-order valence-electron chi connectivity index (χ0n) is 8.25. The van der Waals surface area contributed by atoms with Crippen LogP contribution in [0.1, 0.15) is 30.7 Å². The Kier molecular flexibility index (Phi) is 3.51. The van der Waals surface area contributed by atoms with Crippen LogP contribution < -0.4 is 0 Å². The molecule has 0 atom stereocenters. The molecule has 0 saturated heterocycles. The summed E-state index contributed by atoms with van der Waals surface area (Å²) < 4.78 is 2.15. The molecule has 0 fully saturated rings. The van der Waals surface area contributed by atoms with E-state index < -0.39 is 0 Å². The van der Waals surface area contributed by atoms with Crippen molar-refractivity contribution in [3.05, 3.63) is 17.7 Å². The molecule has 0 spiro atoms. The third-order valence-corrected chi connectivity index (χ3v) is 2.28. The third-order valence-electron chi connectivity index (χ3n) is 2.28. The summed E-state index contributed by atoms with van der Waals surface area (Å²) >= 11 is 0. The van der Waals surface area contributed by atoms with Gasteiger partial charge in [-0.25, -0.2) is 4.98 Å². The topological polar surface area (TPSA) is 41.6 Å². The first-order valence-corrected chi connectivity index (χ1v) is 4.61. The number of imidazole rings is 1. The van der Waals surface area contributed by atoms with Crippen molar-refractivity contribution in [2.75, 3.05) is 0 Å². The van der Waals surface area contributed by atoms with Crippen molar-refractivity contribution in [3.8, 4) is 6.07 Å². The number of hydrogen-bond acceptors (Lipinski definition) is 2. The van der Waals surface area contributed by atoms with Gasteiger partial charge in [0.25, 0.3) is 0 Å². The van der Waals surface area contributed by atoms with Gasteiger partial charge in [0.05, 0.1) is 18.1 Å². The smallest absolute Gasteiger partial charge is 0.0951 e. The maximum Gasteiger partial charge on any atom is 0.0951 e. The predicted molar refractivity (Wildman–Crippen MR) is 51.2 cm³/mol. The zero-order valence-corrected chi connectivity index (χ0v) is 8.25. The molecule has 0 saturated carbocycles. The second-order valence-corrected chi connectivity index (χ2v) is 3.22. The van der Waals surface area contributed by atoms with Crippen LogP contribution in [0.25, 0.3) is 0 Å². The van der Waals surface area contributed by atoms with Crippen LogP contribution in [-0.4, -0.2) is 9.55 Å². The molecule has 3 heteroatoms. The Morgan fingerprint density at radius 2 is 2.23 bits per heavy atom. The number of nitrogens with zero attached hydrogens (tertiary/aromatic N) is 3. The molecule has 0 aliphatic rings. The van der Waals surface area contributed by atoms with Gasteiger partial charge in [-0.2, -0.15) is 5.26 Å². The van der Waals surface area contributed by atoms with Crippen LogP contribution in [0.15, 0.2) is 6.33 Å². The summed E-state index contributed by atoms with van der Waals surface area (Å²) in [5, 5.41) is 8.35. The first-order valence-electron chi connectivity index (χ1n) is 4.61. The number of aromatic nitrogens is 2. The summed E-state index contributed by atoms with van der Waals surface area (Å²) in [4.78, 5) is 4.21. The van der Waals surface area contributed by atoms with Crippen molar-refractivity contribution in [2.24, 2.45) is 0 Å². The van der Waals surface area contributed by atoms with Gasteiger partial charge in [-0.15, -0.1) is 0 Å². The van der Waals surface area contributed by atoms with Gasteiger partial charge in [0, 0.05) is 18.7 Å². The average Bonchev–Trinajstić information content (AvgIpc) is 2.43. The molecule has 1 aromatic rings. The fourth-order valence-corrected chi connectivity index (χ4v) is 1.26. The molecule has 0 amide bonds. The molecule has 0 aliphatic carbocycles. The average molecular weight is 177 g/mol. The quantitative estimate of drug-likeness (QED) is 0.661. The van der Waals surface area contributed by atoms with E-state index in [1.54, 1.807) is 0 Å². The van der Waals surface area contributed by atoms with E-state index in [4.69, 9.17) is 5.26 Å². The SMILES string of the molecule is Cc1ncn(CCCCC#N)c1C. The van der Waals surface area contributed by atoms with Gasteiger partial charge in [0.2, 0.25) is 0 Å². The van der Waals surface area contributed by atoms with Crippen molar-refractivity contribution >= 4 is 0 Å². The number of unbranched alkanes of at least 4 members (excludes halogenated alkanes) is 2. The third kappa shape index (κ3) is 2.59. The molecule has 0 N–H and O–H groups in total. The number of aryl methyl sites for hydroxylation is 2. The molecule has 0 radical (unpaired) electrons. The van der Waals surface area contributed by atoms with Crippen LogP contribution in [0.4, 0.5) is 0 Å². The van der Waals surface area contributed by atoms with Crippen LogP contribution in [0.3, 0.4) is 0 Å². The second kappa shape index (κ2) is 4.66. The van der Waals surface area contributed by atoms with Crippen molar-refractivity contribution in [3.63, 3.8) is 0 Å². The fourth-order valence-electron chi connectivity index (χ4n) is 1.26. The molecule has 0 aromatic carbocycles. The standard InChI is InChI=1S/C10H15N3/c1-9-10(2)13(8-12-9)7-5-3-4-6-11/h8H,3-5,7H2,1-2H3. The molecule has 1 rings (SSSR count). The minimum Gasteiger partial charge on any atom is -0.335 e. The highest BCUT2D eigenvalue weighted by molar-refractivity contribution is 5.08. The predicted octanol–water partition coefficient (Wildman–Crippen LogP) is 2.19. The lowest BCUT2D eigenvalue weighted by molar-refractivity contribution is 0.604. The molecular formula is C10H15N3. The first-order chi connectivity index (χ1) is 6.25. The number of hydrogen-bond donors (Lipinski definition) is 0. The molecule has 0 unspecified atom stereocenters. The van der Waals surface area contributed by atoms with E-state index >= 15 is 0 Å². The summed E-state index contributed by atoms with van der Waals surface area (Å²) in [5.41, 5.74) is 2.33. The molecule has 1 aromatic heterocycles. The molecule has 70 valence electrons. The Hall–Kier alpha value is -1.30. The lowest BCUT2D eigenvalue weighted by Gasteiger charge is -2.03. The highest BCUT2D eigenvalue weighted by Crippen LogP contribution is 2.06. The molecular weight excluding hydrogens is 162 g/mol. The fraction of sp³-hybridized carbons (Fsp3) is 0.600. The molecule has 13 heavy (non-hydrogen) atoms. The van der Waals surface area contributed by atoms with Gasteiger partial charge in [0.15, 0.2) is 0 Å². The van der Waals surface area contributed by atoms with E-state index in [-0.39, 0.29) is 0 Å². The van der Waals surface area contributed by atoms with Crippen LogP contribution in [0, 0.1) is 25.2 Å². The Bertz CT molecular complexity index is 306. The molecule has 0 aliphatic heterocycles. The van der Waals surface area contributed by atoms with Gasteiger partial charge >= 0.3 is 0 Å². The summed E-state index contributed by atoms with van der Waals surface area (Å²) in [5.74, 6) is 0. The van der Waals surface area contributed by atoms with E-state index in [2.05, 4.69) is 22.5 Å². The highest BCUT2D eigenvalue weighted by atomic mass is 15.0. The van der Waals surface area contributed by atoms with Gasteiger partial charge < -0.3 is 4.57 Å². The van der Waals surface area contributed by atoms with E-state index in [0.29, 0.717) is 6.42 Å². The summed E-state index contributed by atoms with van der Waals surface area (Å²) in [6.07, 6.45) is 4.57. The normalized spacial score (nSPS) is 9.92. The first kappa shape index (κ1) is 9.79. The minimum atomic E-state index is 0.659. The Balaban J connectivity index is 2.38. The Morgan fingerprint density at radius 1 is 1.46 bits per heavy atom. The van der Waals surface area contributed by atoms with Crippen LogP contribution in [0.5, 0.6) is 0 Å². The molecule has 0 bridgehead atoms. The Labute approximate surface area is 79.0 Å². The maximum atomic E-state index is 8.35. The van der Waals surface area contributed by atoms with Gasteiger partial charge in [-0.05, 0) is 26.7 Å². The molecule has 1 heterocycles. The lowest BCUT2D eigenvalue weighted by Crippen LogP contribution is -1.98. The number of rotatable bonds is 4. The summed E-state index contributed by atoms with van der Waals surface area (Å²) in [6, 6.07) is 2.15. The largest absolute Gasteiger partial charge is 0.335 e. The van der Waals surface area contributed by atoms with Crippen molar-refractivity contribution in [2.45, 2.75) is 39.7 Å². The van der Waals surface area contributed by atoms with Crippen LogP contribution in [-0.2, 0) is 6.54 Å². The Morgan fingerprint density at radius 3 is 2.77 bits per heavy atom. The lowest BCUT2D eigenvalue weighted by atomic mass is 10.2. The van der Waals surface area contributed by atoms with Gasteiger partial charge in [-0.3, -0.25) is 0 Å². The maximum absolute atomic E-state index is 8.35. The van der Waals surface area contributed by atoms with E-state index in [9.17, 15) is 0 Å². The van der Waals surface area contributed by atoms with Crippen molar-refractivity contribution in [1.82, 2.24) is 9.55 Å². The summed E-state index contributed by atoms with van der Waals surface area (Å²) in [6.45, 7) is 5.07. The minimum absolute atomic E-state index is 0.659. The van der Waals surface area contributed by atoms with E-state index in [1.807, 2.05) is 13.3 Å². The van der Waals surface area contributed by atoms with Crippen molar-refractivity contribution < 1.29 is 0 Å². The number of nitriles is 1. The monoisotopic (exact) mass is 177 g/mol. The van der Waals surface area contributed by atoms with Crippen molar-refractivity contribution in [1.29, 1.82) is 5.26 Å². The second-order valence-electron chi connectivity index (χ2n) is 3.22. The zero-order chi connectivity index (χ0) is 9.68. The highest BCUT2D eigenvalue weighted by Gasteiger charge is 2.00. The van der Waals surface area contributed by atoms with E-state index in [1.165, 1.54) is 5.69 Å². The van der Waals surface area contributed by atoms with Crippen LogP contribution >= 0.6 is 0 Å². The van der Waals surface area contributed by atoms with E-state index in [0.717, 1.165) is 25.1 Å².